The van der Waals surface area contributed by atoms with Gasteiger partial charge in [-0.25, -0.2) is 0 Å². The van der Waals surface area contributed by atoms with Gasteiger partial charge in [0.05, 0.1) is 39.6 Å². The summed E-state index contributed by atoms with van der Waals surface area (Å²) in [5.74, 6) is -0.319. The molecule has 4 rings (SSSR count). The van der Waals surface area contributed by atoms with E-state index in [-0.39, 0.29) is 11.9 Å². The summed E-state index contributed by atoms with van der Waals surface area (Å²) in [5.41, 5.74) is 0.239. The summed E-state index contributed by atoms with van der Waals surface area (Å²) in [6, 6.07) is 16.3. The molecule has 2 aromatic rings. The molecule has 0 aliphatic carbocycles. The highest BCUT2D eigenvalue weighted by molar-refractivity contribution is 5.69. The van der Waals surface area contributed by atoms with Gasteiger partial charge in [-0.2, -0.15) is 0 Å². The van der Waals surface area contributed by atoms with Crippen molar-refractivity contribution in [3.8, 4) is 0 Å². The third-order valence-electron chi connectivity index (χ3n) is 12.2. The van der Waals surface area contributed by atoms with Crippen molar-refractivity contribution in [1.82, 2.24) is 0 Å². The molecule has 2 aliphatic rings. The van der Waals surface area contributed by atoms with Crippen LogP contribution in [-0.4, -0.2) is 86.2 Å². The lowest BCUT2D eigenvalue weighted by atomic mass is 9.59. The number of aryl methyl sites for hydroxylation is 2. The Balaban J connectivity index is 0.000000310. The van der Waals surface area contributed by atoms with E-state index in [9.17, 15) is 19.8 Å². The van der Waals surface area contributed by atoms with Crippen molar-refractivity contribution in [2.75, 3.05) is 52.9 Å². The van der Waals surface area contributed by atoms with Gasteiger partial charge in [0, 0.05) is 47.7 Å². The molecule has 0 radical (unpaired) electrons. The molecule has 0 spiro atoms. The van der Waals surface area contributed by atoms with E-state index in [1.807, 2.05) is 91.8 Å². The first kappa shape index (κ1) is 49.5. The van der Waals surface area contributed by atoms with Crippen molar-refractivity contribution in [3.05, 3.63) is 70.8 Å². The average Bonchev–Trinajstić information content (AvgIpc) is 3.55. The lowest BCUT2D eigenvalue weighted by Crippen LogP contribution is -2.57. The molecular formula is C48H76O10. The van der Waals surface area contributed by atoms with E-state index in [1.165, 1.54) is 0 Å². The fourth-order valence-corrected chi connectivity index (χ4v) is 8.93. The van der Waals surface area contributed by atoms with Crippen molar-refractivity contribution in [2.24, 2.45) is 21.7 Å². The highest BCUT2D eigenvalue weighted by Crippen LogP contribution is 2.59. The van der Waals surface area contributed by atoms with Crippen LogP contribution in [0.15, 0.2) is 48.5 Å². The number of hydrogen-bond acceptors (Lipinski definition) is 10. The van der Waals surface area contributed by atoms with Crippen LogP contribution in [-0.2, 0) is 38.0 Å². The Hall–Kier alpha value is -2.86. The molecule has 0 saturated carbocycles. The summed E-state index contributed by atoms with van der Waals surface area (Å²) < 4.78 is 34.1. The van der Waals surface area contributed by atoms with E-state index in [1.54, 1.807) is 0 Å². The van der Waals surface area contributed by atoms with Gasteiger partial charge in [0.2, 0.25) is 0 Å². The van der Waals surface area contributed by atoms with Crippen LogP contribution >= 0.6 is 0 Å². The monoisotopic (exact) mass is 813 g/mol. The van der Waals surface area contributed by atoms with Crippen molar-refractivity contribution in [3.63, 3.8) is 0 Å². The Morgan fingerprint density at radius 2 is 1.02 bits per heavy atom. The van der Waals surface area contributed by atoms with Gasteiger partial charge in [-0.1, -0.05) is 115 Å². The van der Waals surface area contributed by atoms with Gasteiger partial charge in [0.25, 0.3) is 0 Å². The molecule has 2 N–H and O–H groups in total. The van der Waals surface area contributed by atoms with Crippen LogP contribution in [0.2, 0.25) is 0 Å². The number of rotatable bonds is 20. The molecule has 0 amide bonds. The van der Waals surface area contributed by atoms with Gasteiger partial charge < -0.3 is 38.6 Å². The van der Waals surface area contributed by atoms with Gasteiger partial charge in [-0.3, -0.25) is 9.59 Å². The van der Waals surface area contributed by atoms with Crippen LogP contribution in [0.4, 0.5) is 0 Å². The summed E-state index contributed by atoms with van der Waals surface area (Å²) in [7, 11) is 0. The van der Waals surface area contributed by atoms with Crippen molar-refractivity contribution in [1.29, 1.82) is 0 Å². The summed E-state index contributed by atoms with van der Waals surface area (Å²) in [5, 5.41) is 24.0. The molecule has 0 unspecified atom stereocenters. The van der Waals surface area contributed by atoms with Crippen LogP contribution < -0.4 is 0 Å². The second-order valence-electron chi connectivity index (χ2n) is 18.9. The highest BCUT2D eigenvalue weighted by Gasteiger charge is 2.64. The number of esters is 2. The zero-order valence-electron chi connectivity index (χ0n) is 37.8. The van der Waals surface area contributed by atoms with Crippen LogP contribution in [0.25, 0.3) is 0 Å². The molecule has 58 heavy (non-hydrogen) atoms. The van der Waals surface area contributed by atoms with Crippen LogP contribution in [0.1, 0.15) is 142 Å². The first-order chi connectivity index (χ1) is 27.1. The summed E-state index contributed by atoms with van der Waals surface area (Å²) in [6.45, 7) is 27.9. The van der Waals surface area contributed by atoms with E-state index in [2.05, 4.69) is 39.8 Å². The lowest BCUT2D eigenvalue weighted by molar-refractivity contribution is -0.177. The quantitative estimate of drug-likeness (QED) is 0.0986. The minimum atomic E-state index is -1.08. The molecule has 2 heterocycles. The Labute approximate surface area is 349 Å². The van der Waals surface area contributed by atoms with E-state index in [4.69, 9.17) is 28.4 Å². The molecule has 2 aliphatic heterocycles. The molecule has 4 atom stereocenters. The van der Waals surface area contributed by atoms with E-state index < -0.39 is 45.1 Å². The first-order valence-corrected chi connectivity index (χ1v) is 21.4. The zero-order valence-corrected chi connectivity index (χ0v) is 37.8. The van der Waals surface area contributed by atoms with Gasteiger partial charge in [0.15, 0.2) is 0 Å². The summed E-state index contributed by atoms with van der Waals surface area (Å²) in [6.07, 6.45) is 3.08. The second kappa shape index (κ2) is 21.1. The van der Waals surface area contributed by atoms with Crippen LogP contribution in [0.3, 0.4) is 0 Å². The summed E-state index contributed by atoms with van der Waals surface area (Å²) in [4.78, 5) is 22.8. The van der Waals surface area contributed by atoms with Crippen LogP contribution in [0, 0.1) is 35.5 Å². The fourth-order valence-electron chi connectivity index (χ4n) is 8.93. The minimum absolute atomic E-state index is 0.159. The lowest BCUT2D eigenvalue weighted by Gasteiger charge is -2.49. The van der Waals surface area contributed by atoms with Gasteiger partial charge in [-0.05, 0) is 64.5 Å². The Bertz CT molecular complexity index is 1480. The van der Waals surface area contributed by atoms with Crippen molar-refractivity contribution >= 4 is 11.9 Å². The van der Waals surface area contributed by atoms with Crippen molar-refractivity contribution < 1.29 is 48.2 Å². The number of carbonyl (C=O) groups is 2. The Morgan fingerprint density at radius 1 is 0.655 bits per heavy atom. The average molecular weight is 813 g/mol. The van der Waals surface area contributed by atoms with Gasteiger partial charge in [0.1, 0.15) is 23.4 Å². The zero-order chi connectivity index (χ0) is 43.4. The second-order valence-corrected chi connectivity index (χ2v) is 18.9. The molecular weight excluding hydrogens is 737 g/mol. The normalized spacial score (nSPS) is 23.9. The molecule has 0 bridgehead atoms. The van der Waals surface area contributed by atoms with E-state index in [0.29, 0.717) is 65.7 Å². The maximum Gasteiger partial charge on any atom is 0.305 e. The summed E-state index contributed by atoms with van der Waals surface area (Å²) >= 11 is 0. The predicted molar refractivity (Wildman–Crippen MR) is 227 cm³/mol. The highest BCUT2D eigenvalue weighted by atomic mass is 16.5. The number of aliphatic hydroxyl groups is 2. The minimum Gasteiger partial charge on any atom is -0.466 e. The fraction of sp³-hybridized carbons (Fsp3) is 0.708. The SMILES string of the molecule is CCOC(=O)CCCCOCC(C)(C)[C@@]1(O)[C@H](c2cccc(C)c2)OCC1(C)C.CCOC(=O)CCCCOCC(C)(C)[C@]1(O)[C@H](c2cccc(C)c2)OCC1(C)C. The predicted octanol–water partition coefficient (Wildman–Crippen LogP) is 9.20. The number of ether oxygens (including phenoxy) is 6. The number of benzene rings is 2. The molecule has 328 valence electrons. The van der Waals surface area contributed by atoms with E-state index >= 15 is 0 Å². The Morgan fingerprint density at radius 3 is 1.34 bits per heavy atom. The number of hydrogen-bond donors (Lipinski definition) is 2. The molecule has 0 aromatic heterocycles. The number of carbonyl (C=O) groups excluding carboxylic acids is 2. The maximum atomic E-state index is 12.0. The standard InChI is InChI=1S/2C24H38O5/c2*1-7-28-20(25)13-8-9-14-27-16-22(3,4)24(26)21(29-17-23(24,5)6)19-12-10-11-18(2)15-19/h2*10-12,15,21,26H,7-9,13-14,16-17H2,1-6H3/t21-,24+;21-,24-/m00/s1. The molecule has 2 fully saturated rings. The topological polar surface area (TPSA) is 130 Å². The largest absolute Gasteiger partial charge is 0.466 e. The van der Waals surface area contributed by atoms with Gasteiger partial charge in [-0.15, -0.1) is 0 Å². The third kappa shape index (κ3) is 11.7. The molecule has 2 aromatic carbocycles. The Kier molecular flexibility index (Phi) is 18.0. The smallest absolute Gasteiger partial charge is 0.305 e. The van der Waals surface area contributed by atoms with Gasteiger partial charge >= 0.3 is 11.9 Å². The van der Waals surface area contributed by atoms with E-state index in [0.717, 1.165) is 47.9 Å². The molecule has 10 heteroatoms. The number of unbranched alkanes of at least 4 members (excludes halogenated alkanes) is 2. The van der Waals surface area contributed by atoms with Crippen molar-refractivity contribution in [2.45, 2.75) is 145 Å². The maximum absolute atomic E-state index is 12.0. The molecule has 2 saturated heterocycles. The third-order valence-corrected chi connectivity index (χ3v) is 12.2. The molecule has 10 nitrogen and oxygen atoms in total. The van der Waals surface area contributed by atoms with Crippen LogP contribution in [0.5, 0.6) is 0 Å². The first-order valence-electron chi connectivity index (χ1n) is 21.4.